The highest BCUT2D eigenvalue weighted by molar-refractivity contribution is 7.92. The maximum Gasteiger partial charge on any atom is 0.341 e. The molecule has 0 aliphatic rings. The van der Waals surface area contributed by atoms with Gasteiger partial charge in [0.25, 0.3) is 10.0 Å². The number of carboxylic acid groups (broad SMARTS) is 1. The lowest BCUT2D eigenvalue weighted by Crippen LogP contribution is -2.15. The standard InChI is InChI=1S/C21H20N2O7S/c1-14-12-17(9-10-19(14)29-13-20(24)25)31(26,27)23-18-4-3-11-22-21(18)30-16-7-5-15(28-2)6-8-16/h3-12,23H,13H2,1-2H3,(H,24,25). The highest BCUT2D eigenvalue weighted by Gasteiger charge is 2.19. The van der Waals surface area contributed by atoms with Gasteiger partial charge < -0.3 is 19.3 Å². The van der Waals surface area contributed by atoms with Crippen LogP contribution in [-0.2, 0) is 14.8 Å². The van der Waals surface area contributed by atoms with Crippen molar-refractivity contribution < 1.29 is 32.5 Å². The molecule has 0 unspecified atom stereocenters. The fraction of sp³-hybridized carbons (Fsp3) is 0.143. The summed E-state index contributed by atoms with van der Waals surface area (Å²) in [6.45, 7) is 1.10. The molecule has 162 valence electrons. The predicted molar refractivity (Wildman–Crippen MR) is 112 cm³/mol. The normalized spacial score (nSPS) is 10.9. The van der Waals surface area contributed by atoms with E-state index in [2.05, 4.69) is 9.71 Å². The molecule has 0 atom stereocenters. The third kappa shape index (κ3) is 5.64. The Labute approximate surface area is 179 Å². The maximum atomic E-state index is 12.9. The Morgan fingerprint density at radius 2 is 1.81 bits per heavy atom. The van der Waals surface area contributed by atoms with E-state index in [1.165, 1.54) is 30.5 Å². The predicted octanol–water partition coefficient (Wildman–Crippen LogP) is 3.46. The van der Waals surface area contributed by atoms with Crippen LogP contribution >= 0.6 is 0 Å². The lowest BCUT2D eigenvalue weighted by atomic mass is 10.2. The number of aliphatic carboxylic acids is 1. The van der Waals surface area contributed by atoms with Crippen molar-refractivity contribution in [1.29, 1.82) is 0 Å². The molecule has 0 aliphatic carbocycles. The summed E-state index contributed by atoms with van der Waals surface area (Å²) in [7, 11) is -2.42. The topological polar surface area (TPSA) is 124 Å². The fourth-order valence-electron chi connectivity index (χ4n) is 2.60. The summed E-state index contributed by atoms with van der Waals surface area (Å²) in [5.41, 5.74) is 0.632. The van der Waals surface area contributed by atoms with E-state index in [1.807, 2.05) is 0 Å². The van der Waals surface area contributed by atoms with Crippen molar-refractivity contribution in [2.75, 3.05) is 18.4 Å². The Kier molecular flexibility index (Phi) is 6.61. The molecular weight excluding hydrogens is 424 g/mol. The molecular formula is C21H20N2O7S. The van der Waals surface area contributed by atoms with Crippen molar-refractivity contribution in [2.45, 2.75) is 11.8 Å². The molecule has 0 spiro atoms. The molecule has 0 aliphatic heterocycles. The first-order chi connectivity index (χ1) is 14.8. The second-order valence-electron chi connectivity index (χ2n) is 6.35. The first-order valence-corrected chi connectivity index (χ1v) is 10.5. The Morgan fingerprint density at radius 1 is 1.10 bits per heavy atom. The molecule has 0 amide bonds. The zero-order valence-electron chi connectivity index (χ0n) is 16.7. The van der Waals surface area contributed by atoms with E-state index in [9.17, 15) is 13.2 Å². The number of carboxylic acids is 1. The van der Waals surface area contributed by atoms with Gasteiger partial charge in [-0.05, 0) is 67.1 Å². The molecule has 9 nitrogen and oxygen atoms in total. The first kappa shape index (κ1) is 21.9. The van der Waals surface area contributed by atoms with Crippen LogP contribution in [-0.4, -0.2) is 38.2 Å². The molecule has 0 saturated carbocycles. The molecule has 0 fully saturated rings. The van der Waals surface area contributed by atoms with Crippen LogP contribution < -0.4 is 18.9 Å². The molecule has 2 N–H and O–H groups in total. The van der Waals surface area contributed by atoms with Crippen molar-refractivity contribution in [3.63, 3.8) is 0 Å². The van der Waals surface area contributed by atoms with E-state index in [0.29, 0.717) is 17.1 Å². The van der Waals surface area contributed by atoms with Gasteiger partial charge in [-0.25, -0.2) is 18.2 Å². The van der Waals surface area contributed by atoms with Crippen LogP contribution in [0, 0.1) is 6.92 Å². The second-order valence-corrected chi connectivity index (χ2v) is 8.03. The van der Waals surface area contributed by atoms with Gasteiger partial charge in [0.05, 0.1) is 12.0 Å². The number of pyridine rings is 1. The number of hydrogen-bond donors (Lipinski definition) is 2. The second kappa shape index (κ2) is 9.35. The minimum atomic E-state index is -3.97. The average molecular weight is 444 g/mol. The summed E-state index contributed by atoms with van der Waals surface area (Å²) >= 11 is 0. The van der Waals surface area contributed by atoms with Crippen LogP contribution in [0.5, 0.6) is 23.1 Å². The smallest absolute Gasteiger partial charge is 0.341 e. The zero-order valence-corrected chi connectivity index (χ0v) is 17.5. The van der Waals surface area contributed by atoms with Gasteiger partial charge in [0.15, 0.2) is 6.61 Å². The Hall–Kier alpha value is -3.79. The van der Waals surface area contributed by atoms with Crippen LogP contribution in [0.1, 0.15) is 5.56 Å². The van der Waals surface area contributed by atoms with E-state index in [-0.39, 0.29) is 22.2 Å². The highest BCUT2D eigenvalue weighted by atomic mass is 32.2. The van der Waals surface area contributed by atoms with Gasteiger partial charge in [0.1, 0.15) is 22.9 Å². The van der Waals surface area contributed by atoms with E-state index in [1.54, 1.807) is 44.4 Å². The van der Waals surface area contributed by atoms with Crippen molar-refractivity contribution in [3.05, 3.63) is 66.4 Å². The van der Waals surface area contributed by atoms with Gasteiger partial charge in [-0.3, -0.25) is 4.72 Å². The number of rotatable bonds is 9. The third-order valence-electron chi connectivity index (χ3n) is 4.10. The van der Waals surface area contributed by atoms with Crippen LogP contribution in [0.3, 0.4) is 0 Å². The van der Waals surface area contributed by atoms with Crippen LogP contribution in [0.15, 0.2) is 65.7 Å². The van der Waals surface area contributed by atoms with Crippen LogP contribution in [0.25, 0.3) is 0 Å². The van der Waals surface area contributed by atoms with E-state index in [0.717, 1.165) is 0 Å². The summed E-state index contributed by atoms with van der Waals surface area (Å²) in [5.74, 6) is 0.343. The van der Waals surface area contributed by atoms with Gasteiger partial charge in [0.2, 0.25) is 5.88 Å². The molecule has 2 aromatic carbocycles. The number of anilines is 1. The summed E-state index contributed by atoms with van der Waals surface area (Å²) in [6.07, 6.45) is 1.48. The number of sulfonamides is 1. The molecule has 10 heteroatoms. The lowest BCUT2D eigenvalue weighted by molar-refractivity contribution is -0.139. The van der Waals surface area contributed by atoms with E-state index >= 15 is 0 Å². The monoisotopic (exact) mass is 444 g/mol. The van der Waals surface area contributed by atoms with Gasteiger partial charge in [-0.1, -0.05) is 0 Å². The van der Waals surface area contributed by atoms with Crippen LogP contribution in [0.4, 0.5) is 5.69 Å². The number of methoxy groups -OCH3 is 1. The average Bonchev–Trinajstić information content (AvgIpc) is 2.74. The van der Waals surface area contributed by atoms with Crippen molar-refractivity contribution in [3.8, 4) is 23.1 Å². The zero-order chi connectivity index (χ0) is 22.4. The Morgan fingerprint density at radius 3 is 2.45 bits per heavy atom. The molecule has 1 aromatic heterocycles. The summed E-state index contributed by atoms with van der Waals surface area (Å²) in [4.78, 5) is 14.7. The van der Waals surface area contributed by atoms with Gasteiger partial charge >= 0.3 is 5.97 Å². The highest BCUT2D eigenvalue weighted by Crippen LogP contribution is 2.30. The molecule has 0 bridgehead atoms. The molecule has 1 heterocycles. The van der Waals surface area contributed by atoms with Crippen molar-refractivity contribution >= 4 is 21.7 Å². The lowest BCUT2D eigenvalue weighted by Gasteiger charge is -2.14. The number of ether oxygens (including phenoxy) is 3. The number of benzene rings is 2. The molecule has 31 heavy (non-hydrogen) atoms. The summed E-state index contributed by atoms with van der Waals surface area (Å²) in [6, 6.07) is 14.0. The molecule has 3 aromatic rings. The number of nitrogens with one attached hydrogen (secondary N) is 1. The summed E-state index contributed by atoms with van der Waals surface area (Å²) < 4.78 is 44.2. The molecule has 0 saturated heterocycles. The van der Waals surface area contributed by atoms with Gasteiger partial charge in [-0.15, -0.1) is 0 Å². The maximum absolute atomic E-state index is 12.9. The number of aromatic nitrogens is 1. The van der Waals surface area contributed by atoms with Gasteiger partial charge in [0, 0.05) is 6.20 Å². The first-order valence-electron chi connectivity index (χ1n) is 9.03. The minimum Gasteiger partial charge on any atom is -0.497 e. The number of hydrogen-bond acceptors (Lipinski definition) is 7. The quantitative estimate of drug-likeness (QED) is 0.514. The summed E-state index contributed by atoms with van der Waals surface area (Å²) in [5, 5.41) is 8.72. The van der Waals surface area contributed by atoms with Gasteiger partial charge in [-0.2, -0.15) is 0 Å². The Balaban J connectivity index is 1.81. The van der Waals surface area contributed by atoms with E-state index in [4.69, 9.17) is 19.3 Å². The largest absolute Gasteiger partial charge is 0.497 e. The molecule has 3 rings (SSSR count). The minimum absolute atomic E-state index is 0.0214. The molecule has 0 radical (unpaired) electrons. The SMILES string of the molecule is COc1ccc(Oc2ncccc2NS(=O)(=O)c2ccc(OCC(=O)O)c(C)c2)cc1. The Bertz CT molecular complexity index is 1180. The van der Waals surface area contributed by atoms with Crippen molar-refractivity contribution in [1.82, 2.24) is 4.98 Å². The van der Waals surface area contributed by atoms with Crippen LogP contribution in [0.2, 0.25) is 0 Å². The van der Waals surface area contributed by atoms with E-state index < -0.39 is 22.6 Å². The fourth-order valence-corrected chi connectivity index (χ4v) is 3.74. The number of nitrogens with zero attached hydrogens (tertiary/aromatic N) is 1. The number of aryl methyl sites for hydroxylation is 1. The van der Waals surface area contributed by atoms with Crippen molar-refractivity contribution in [2.24, 2.45) is 0 Å². The third-order valence-corrected chi connectivity index (χ3v) is 5.46. The number of carbonyl (C=O) groups is 1.